The van der Waals surface area contributed by atoms with E-state index in [2.05, 4.69) is 0 Å². The summed E-state index contributed by atoms with van der Waals surface area (Å²) in [5.74, 6) is 0. The molecule has 0 aromatic heterocycles. The van der Waals surface area contributed by atoms with Gasteiger partial charge in [-0.05, 0) is 31.0 Å². The maximum Gasteiger partial charge on any atom is 0.146 e. The maximum absolute atomic E-state index is 10.3. The van der Waals surface area contributed by atoms with Crippen LogP contribution >= 0.6 is 11.8 Å². The van der Waals surface area contributed by atoms with Crippen LogP contribution in [-0.2, 0) is 4.79 Å². The molecule has 0 atom stereocenters. The summed E-state index contributed by atoms with van der Waals surface area (Å²) in [6, 6.07) is 0. The molecular formula is C7H7NOS. The first-order valence-electron chi connectivity index (χ1n) is 3.11. The van der Waals surface area contributed by atoms with Crippen molar-refractivity contribution in [3.8, 4) is 5.40 Å². The first-order chi connectivity index (χ1) is 4.88. The van der Waals surface area contributed by atoms with Gasteiger partial charge in [-0.15, -0.1) is 0 Å². The predicted molar refractivity (Wildman–Crippen MR) is 40.1 cm³/mol. The molecule has 0 fully saturated rings. The summed E-state index contributed by atoms with van der Waals surface area (Å²) in [6.07, 6.45) is 3.66. The fraction of sp³-hybridized carbons (Fsp3) is 0.429. The van der Waals surface area contributed by atoms with Gasteiger partial charge in [0.15, 0.2) is 0 Å². The fourth-order valence-electron chi connectivity index (χ4n) is 1.04. The Morgan fingerprint density at radius 2 is 2.40 bits per heavy atom. The number of nitrogens with zero attached hydrogens (tertiary/aromatic N) is 1. The third-order valence-electron chi connectivity index (χ3n) is 1.52. The number of thiocyanates is 1. The Kier molecular flexibility index (Phi) is 2.52. The van der Waals surface area contributed by atoms with Crippen molar-refractivity contribution in [3.05, 3.63) is 10.5 Å². The van der Waals surface area contributed by atoms with Gasteiger partial charge in [0.25, 0.3) is 0 Å². The lowest BCUT2D eigenvalue weighted by Crippen LogP contribution is -1.78. The molecule has 0 bridgehead atoms. The molecule has 0 spiro atoms. The van der Waals surface area contributed by atoms with Gasteiger partial charge in [0, 0.05) is 10.5 Å². The summed E-state index contributed by atoms with van der Waals surface area (Å²) in [6.45, 7) is 0. The smallest absolute Gasteiger partial charge is 0.146 e. The Bertz CT molecular complexity index is 214. The average molecular weight is 153 g/mol. The van der Waals surface area contributed by atoms with Crippen LogP contribution in [0.5, 0.6) is 0 Å². The molecule has 0 saturated carbocycles. The fourth-order valence-corrected chi connectivity index (χ4v) is 1.67. The summed E-state index contributed by atoms with van der Waals surface area (Å²) >= 11 is 1.13. The van der Waals surface area contributed by atoms with E-state index in [9.17, 15) is 4.79 Å². The van der Waals surface area contributed by atoms with Crippen LogP contribution in [-0.4, -0.2) is 6.29 Å². The molecule has 0 heterocycles. The van der Waals surface area contributed by atoms with Gasteiger partial charge >= 0.3 is 0 Å². The molecule has 2 nitrogen and oxygen atoms in total. The minimum absolute atomic E-state index is 0.826. The number of hydrogen-bond donors (Lipinski definition) is 0. The normalized spacial score (nSPS) is 17.1. The average Bonchev–Trinajstić information content (AvgIpc) is 2.36. The van der Waals surface area contributed by atoms with E-state index in [0.29, 0.717) is 0 Å². The molecule has 0 aromatic rings. The van der Waals surface area contributed by atoms with E-state index in [1.165, 1.54) is 0 Å². The number of aldehydes is 1. The third-order valence-corrected chi connectivity index (χ3v) is 2.32. The summed E-state index contributed by atoms with van der Waals surface area (Å²) < 4.78 is 0. The topological polar surface area (TPSA) is 40.9 Å². The summed E-state index contributed by atoms with van der Waals surface area (Å²) in [4.78, 5) is 11.3. The molecule has 0 N–H and O–H groups in total. The number of rotatable bonds is 2. The quantitative estimate of drug-likeness (QED) is 0.449. The lowest BCUT2D eigenvalue weighted by molar-refractivity contribution is -0.105. The van der Waals surface area contributed by atoms with Gasteiger partial charge in [-0.2, -0.15) is 5.26 Å². The Morgan fingerprint density at radius 1 is 1.60 bits per heavy atom. The Balaban J connectivity index is 2.70. The van der Waals surface area contributed by atoms with Crippen molar-refractivity contribution in [1.82, 2.24) is 0 Å². The molecule has 0 radical (unpaired) electrons. The summed E-state index contributed by atoms with van der Waals surface area (Å²) in [5.41, 5.74) is 0.826. The van der Waals surface area contributed by atoms with Crippen molar-refractivity contribution >= 4 is 18.0 Å². The number of thioether (sulfide) groups is 1. The van der Waals surface area contributed by atoms with Gasteiger partial charge in [0.05, 0.1) is 0 Å². The van der Waals surface area contributed by atoms with E-state index in [1.807, 2.05) is 5.40 Å². The van der Waals surface area contributed by atoms with Crippen LogP contribution in [0.25, 0.3) is 0 Å². The highest BCUT2D eigenvalue weighted by molar-refractivity contribution is 8.07. The first-order valence-corrected chi connectivity index (χ1v) is 3.93. The van der Waals surface area contributed by atoms with Crippen LogP contribution in [0.3, 0.4) is 0 Å². The number of nitriles is 1. The maximum atomic E-state index is 10.3. The third kappa shape index (κ3) is 1.39. The van der Waals surface area contributed by atoms with Crippen molar-refractivity contribution in [3.63, 3.8) is 0 Å². The zero-order chi connectivity index (χ0) is 7.40. The minimum atomic E-state index is 0.826. The second kappa shape index (κ2) is 3.43. The van der Waals surface area contributed by atoms with Crippen molar-refractivity contribution in [1.29, 1.82) is 5.26 Å². The van der Waals surface area contributed by atoms with Crippen LogP contribution in [0.2, 0.25) is 0 Å². The molecule has 1 aliphatic rings. The van der Waals surface area contributed by atoms with Crippen LogP contribution < -0.4 is 0 Å². The van der Waals surface area contributed by atoms with Crippen molar-refractivity contribution < 1.29 is 4.79 Å². The highest BCUT2D eigenvalue weighted by atomic mass is 32.2. The predicted octanol–water partition coefficient (Wildman–Crippen LogP) is 1.84. The number of carbonyl (C=O) groups excluding carboxylic acids is 1. The number of carbonyl (C=O) groups is 1. The molecule has 1 aliphatic carbocycles. The summed E-state index contributed by atoms with van der Waals surface area (Å²) in [5, 5.41) is 10.3. The molecule has 0 aliphatic heterocycles. The monoisotopic (exact) mass is 153 g/mol. The Hall–Kier alpha value is -0.750. The van der Waals surface area contributed by atoms with E-state index in [0.717, 1.165) is 47.8 Å². The van der Waals surface area contributed by atoms with Crippen molar-refractivity contribution in [2.24, 2.45) is 0 Å². The Morgan fingerprint density at radius 3 is 3.00 bits per heavy atom. The second-order valence-corrected chi connectivity index (χ2v) is 2.99. The molecule has 10 heavy (non-hydrogen) atoms. The van der Waals surface area contributed by atoms with Gasteiger partial charge in [-0.25, -0.2) is 0 Å². The van der Waals surface area contributed by atoms with Crippen molar-refractivity contribution in [2.45, 2.75) is 19.3 Å². The van der Waals surface area contributed by atoms with Gasteiger partial charge < -0.3 is 0 Å². The highest BCUT2D eigenvalue weighted by Gasteiger charge is 2.13. The molecule has 0 saturated heterocycles. The summed E-state index contributed by atoms with van der Waals surface area (Å²) in [7, 11) is 0. The van der Waals surface area contributed by atoms with Crippen LogP contribution in [0.1, 0.15) is 19.3 Å². The first kappa shape index (κ1) is 7.36. The molecule has 3 heteroatoms. The largest absolute Gasteiger partial charge is 0.298 e. The zero-order valence-corrected chi connectivity index (χ0v) is 6.28. The van der Waals surface area contributed by atoms with Crippen molar-refractivity contribution in [2.75, 3.05) is 0 Å². The van der Waals surface area contributed by atoms with E-state index in [1.54, 1.807) is 0 Å². The molecular weight excluding hydrogens is 146 g/mol. The zero-order valence-electron chi connectivity index (χ0n) is 5.46. The SMILES string of the molecule is N#CSC1=C(C=O)CCC1. The number of hydrogen-bond acceptors (Lipinski definition) is 3. The van der Waals surface area contributed by atoms with Crippen LogP contribution in [0.4, 0.5) is 0 Å². The minimum Gasteiger partial charge on any atom is -0.298 e. The van der Waals surface area contributed by atoms with Crippen LogP contribution in [0, 0.1) is 10.7 Å². The second-order valence-electron chi connectivity index (χ2n) is 2.11. The highest BCUT2D eigenvalue weighted by Crippen LogP contribution is 2.32. The van der Waals surface area contributed by atoms with Crippen LogP contribution in [0.15, 0.2) is 10.5 Å². The molecule has 1 rings (SSSR count). The lowest BCUT2D eigenvalue weighted by Gasteiger charge is -1.90. The molecule has 0 aromatic carbocycles. The van der Waals surface area contributed by atoms with Gasteiger partial charge in [-0.1, -0.05) is 0 Å². The standard InChI is InChI=1S/C7H7NOS/c8-5-10-7-3-1-2-6(7)4-9/h4H,1-3H2. The van der Waals surface area contributed by atoms with E-state index >= 15 is 0 Å². The van der Waals surface area contributed by atoms with Gasteiger partial charge in [0.1, 0.15) is 11.7 Å². The number of allylic oxidation sites excluding steroid dienone is 2. The van der Waals surface area contributed by atoms with Gasteiger partial charge in [-0.3, -0.25) is 4.79 Å². The lowest BCUT2D eigenvalue weighted by atomic mass is 10.3. The Labute approximate surface area is 63.9 Å². The van der Waals surface area contributed by atoms with E-state index in [4.69, 9.17) is 5.26 Å². The molecule has 0 unspecified atom stereocenters. The van der Waals surface area contributed by atoms with Gasteiger partial charge in [0.2, 0.25) is 0 Å². The van der Waals surface area contributed by atoms with E-state index < -0.39 is 0 Å². The molecule has 0 amide bonds. The van der Waals surface area contributed by atoms with E-state index in [-0.39, 0.29) is 0 Å². The molecule has 52 valence electrons.